The second kappa shape index (κ2) is 14.0. The summed E-state index contributed by atoms with van der Waals surface area (Å²) in [6.45, 7) is 5.63. The van der Waals surface area contributed by atoms with Gasteiger partial charge in [0, 0.05) is 67.2 Å². The number of nitrogens with one attached hydrogen (secondary N) is 1. The van der Waals surface area contributed by atoms with Gasteiger partial charge in [-0.2, -0.15) is 9.97 Å². The highest BCUT2D eigenvalue weighted by molar-refractivity contribution is 6.03. The Hall–Kier alpha value is -5.42. The number of piperazine rings is 1. The smallest absolute Gasteiger partial charge is 0.319 e. The monoisotopic (exact) mass is 765 g/mol. The normalized spacial score (nSPS) is 27.1. The lowest BCUT2D eigenvalue weighted by Gasteiger charge is -2.43. The third kappa shape index (κ3) is 6.07. The number of benzene rings is 2. The van der Waals surface area contributed by atoms with Crippen LogP contribution in [-0.4, -0.2) is 104 Å². The van der Waals surface area contributed by atoms with Gasteiger partial charge >= 0.3 is 6.01 Å². The van der Waals surface area contributed by atoms with Gasteiger partial charge in [-0.1, -0.05) is 18.6 Å². The van der Waals surface area contributed by atoms with Crippen LogP contribution in [0.5, 0.6) is 11.8 Å². The lowest BCUT2D eigenvalue weighted by Crippen LogP contribution is -2.57. The van der Waals surface area contributed by atoms with Crippen molar-refractivity contribution in [1.29, 1.82) is 0 Å². The minimum absolute atomic E-state index is 0.0719. The molecule has 14 heteroatoms. The van der Waals surface area contributed by atoms with Crippen molar-refractivity contribution in [2.75, 3.05) is 37.7 Å². The Kier molecular flexibility index (Phi) is 9.03. The number of halogens is 3. The molecule has 0 spiro atoms. The molecular weight excluding hydrogens is 724 g/mol. The van der Waals surface area contributed by atoms with Gasteiger partial charge in [0.15, 0.2) is 5.82 Å². The van der Waals surface area contributed by atoms with Gasteiger partial charge in [-0.25, -0.2) is 13.2 Å². The van der Waals surface area contributed by atoms with E-state index in [1.165, 1.54) is 36.5 Å². The fourth-order valence-corrected chi connectivity index (χ4v) is 10.2. The van der Waals surface area contributed by atoms with Gasteiger partial charge in [-0.15, -0.1) is 6.42 Å². The number of carbonyl (C=O) groups is 2. The Balaban J connectivity index is 1.08. The van der Waals surface area contributed by atoms with E-state index in [1.807, 2.05) is 9.80 Å². The zero-order chi connectivity index (χ0) is 38.9. The van der Waals surface area contributed by atoms with Crippen LogP contribution in [0.2, 0.25) is 0 Å². The van der Waals surface area contributed by atoms with Crippen LogP contribution < -0.4 is 15.0 Å². The number of phenols is 1. The highest BCUT2D eigenvalue weighted by Gasteiger charge is 2.50. The second-order valence-electron chi connectivity index (χ2n) is 16.0. The van der Waals surface area contributed by atoms with E-state index >= 15 is 4.39 Å². The number of amides is 2. The third-order valence-electron chi connectivity index (χ3n) is 12.7. The molecule has 6 atom stereocenters. The molecule has 11 nitrogen and oxygen atoms in total. The summed E-state index contributed by atoms with van der Waals surface area (Å²) < 4.78 is 53.1. The first-order valence-electron chi connectivity index (χ1n) is 19.4. The lowest BCUT2D eigenvalue weighted by molar-refractivity contribution is -0.139. The molecule has 2 amide bonds. The number of ether oxygens (including phenoxy) is 1. The van der Waals surface area contributed by atoms with Crippen molar-refractivity contribution in [1.82, 2.24) is 30.1 Å². The summed E-state index contributed by atoms with van der Waals surface area (Å²) in [5, 5.41) is 14.5. The molecule has 5 fully saturated rings. The van der Waals surface area contributed by atoms with Gasteiger partial charge in [-0.05, 0) is 81.2 Å². The molecule has 2 aromatic heterocycles. The van der Waals surface area contributed by atoms with Crippen LogP contribution in [0.3, 0.4) is 0 Å². The number of anilines is 1. The van der Waals surface area contributed by atoms with Gasteiger partial charge in [0.05, 0.1) is 16.5 Å². The fraction of sp³-hybridized carbons (Fsp3) is 0.452. The molecule has 9 rings (SSSR count). The quantitative estimate of drug-likeness (QED) is 0.179. The summed E-state index contributed by atoms with van der Waals surface area (Å²) in [5.74, 6) is 0.724. The molecule has 1 saturated carbocycles. The number of hydrogen-bond donors (Lipinski definition) is 2. The fourth-order valence-electron chi connectivity index (χ4n) is 10.2. The molecular formula is C42H42F3N7O4. The van der Waals surface area contributed by atoms with Gasteiger partial charge < -0.3 is 25.0 Å². The van der Waals surface area contributed by atoms with Gasteiger partial charge in [-0.3, -0.25) is 19.5 Å². The SMILES string of the molecule is C#Cc1c(F)ccc2cc(O)cc(-c3ncc4c(N5CC6CCC(C5)N6C(=O)C5CCC(NC(=O)C=C)C5)nc(OC[C@@]56CCCN5C[C@H](F)C6)nc4c3F)c12. The molecule has 2 bridgehead atoms. The van der Waals surface area contributed by atoms with Crippen molar-refractivity contribution in [3.63, 3.8) is 0 Å². The molecule has 2 N–H and O–H groups in total. The molecule has 6 heterocycles. The number of rotatable bonds is 8. The number of fused-ring (bicyclic) bond motifs is 5. The highest BCUT2D eigenvalue weighted by Crippen LogP contribution is 2.43. The van der Waals surface area contributed by atoms with Crippen LogP contribution >= 0.6 is 0 Å². The summed E-state index contributed by atoms with van der Waals surface area (Å²) >= 11 is 0. The first kappa shape index (κ1) is 36.2. The van der Waals surface area contributed by atoms with Crippen LogP contribution in [0.15, 0.2) is 43.1 Å². The average Bonchev–Trinajstić information content (AvgIpc) is 3.95. The average molecular weight is 766 g/mol. The molecule has 4 unspecified atom stereocenters. The maximum absolute atomic E-state index is 17.1. The number of terminal acetylenes is 1. The van der Waals surface area contributed by atoms with Crippen molar-refractivity contribution in [3.05, 3.63) is 60.3 Å². The Bertz CT molecular complexity index is 2320. The highest BCUT2D eigenvalue weighted by atomic mass is 19.1. The van der Waals surface area contributed by atoms with Crippen LogP contribution in [-0.2, 0) is 9.59 Å². The summed E-state index contributed by atoms with van der Waals surface area (Å²) in [4.78, 5) is 46.0. The predicted octanol–water partition coefficient (Wildman–Crippen LogP) is 5.42. The van der Waals surface area contributed by atoms with Crippen LogP contribution in [0.1, 0.15) is 56.9 Å². The molecule has 4 aliphatic heterocycles. The first-order valence-corrected chi connectivity index (χ1v) is 19.4. The number of carbonyl (C=O) groups excluding carboxylic acids is 2. The number of aromatic hydroxyl groups is 1. The Morgan fingerprint density at radius 3 is 2.70 bits per heavy atom. The van der Waals surface area contributed by atoms with E-state index in [-0.39, 0.29) is 81.9 Å². The van der Waals surface area contributed by atoms with Gasteiger partial charge in [0.2, 0.25) is 11.8 Å². The standard InChI is InChI=1S/C42H42F3N7O4/c1-3-30-33(44)11-7-23-15-29(53)16-31(35(23)30)37-36(45)38-32(18-46-37)39(49-41(48-38)56-22-42-12-5-13-51(42)19-25(43)17-42)50-20-27-9-10-28(21-50)52(27)40(55)24-6-8-26(14-24)47-34(54)4-2/h1,4,7,11,15-16,18,24-28,53H,2,5-6,8-10,12-14,17,19-22H2,(H,47,54)/t24?,25-,26?,27?,28?,42+/m1/s1. The Morgan fingerprint density at radius 1 is 1.12 bits per heavy atom. The van der Waals surface area contributed by atoms with Crippen molar-refractivity contribution < 1.29 is 32.6 Å². The number of pyridine rings is 1. The Morgan fingerprint density at radius 2 is 1.93 bits per heavy atom. The molecule has 4 saturated heterocycles. The van der Waals surface area contributed by atoms with Gasteiger partial charge in [0.25, 0.3) is 0 Å². The van der Waals surface area contributed by atoms with E-state index in [1.54, 1.807) is 0 Å². The summed E-state index contributed by atoms with van der Waals surface area (Å²) in [7, 11) is 0. The molecule has 290 valence electrons. The van der Waals surface area contributed by atoms with Crippen LogP contribution in [0, 0.1) is 29.9 Å². The third-order valence-corrected chi connectivity index (χ3v) is 12.7. The Labute approximate surface area is 321 Å². The lowest BCUT2D eigenvalue weighted by atomic mass is 9.95. The van der Waals surface area contributed by atoms with Crippen molar-refractivity contribution in [3.8, 4) is 35.4 Å². The molecule has 2 aromatic carbocycles. The zero-order valence-corrected chi connectivity index (χ0v) is 30.8. The van der Waals surface area contributed by atoms with Crippen molar-refractivity contribution in [2.45, 2.75) is 81.2 Å². The maximum atomic E-state index is 17.1. The van der Waals surface area contributed by atoms with E-state index in [4.69, 9.17) is 16.1 Å². The summed E-state index contributed by atoms with van der Waals surface area (Å²) in [6.07, 6.45) is 13.0. The first-order chi connectivity index (χ1) is 27.1. The van der Waals surface area contributed by atoms with E-state index in [0.29, 0.717) is 55.5 Å². The minimum atomic E-state index is -0.969. The molecule has 5 aliphatic rings. The molecule has 56 heavy (non-hydrogen) atoms. The largest absolute Gasteiger partial charge is 0.508 e. The van der Waals surface area contributed by atoms with Gasteiger partial charge in [0.1, 0.15) is 41.4 Å². The topological polar surface area (TPSA) is 124 Å². The van der Waals surface area contributed by atoms with Crippen LogP contribution in [0.25, 0.3) is 32.9 Å². The summed E-state index contributed by atoms with van der Waals surface area (Å²) in [5.41, 5.74) is -0.785. The molecule has 4 aromatic rings. The van der Waals surface area contributed by atoms with E-state index in [2.05, 4.69) is 32.7 Å². The minimum Gasteiger partial charge on any atom is -0.508 e. The number of hydrogen-bond acceptors (Lipinski definition) is 9. The van der Waals surface area contributed by atoms with E-state index in [0.717, 1.165) is 38.6 Å². The number of aromatic nitrogens is 3. The predicted molar refractivity (Wildman–Crippen MR) is 204 cm³/mol. The second-order valence-corrected chi connectivity index (χ2v) is 16.0. The van der Waals surface area contributed by atoms with Crippen molar-refractivity contribution in [2.24, 2.45) is 5.92 Å². The number of phenolic OH excluding ortho intramolecular Hbond substituents is 1. The molecule has 1 aliphatic carbocycles. The maximum Gasteiger partial charge on any atom is 0.319 e. The molecule has 0 radical (unpaired) electrons. The van der Waals surface area contributed by atoms with Crippen molar-refractivity contribution >= 4 is 39.3 Å². The zero-order valence-electron chi connectivity index (χ0n) is 30.8. The van der Waals surface area contributed by atoms with E-state index in [9.17, 15) is 23.5 Å². The van der Waals surface area contributed by atoms with E-state index < -0.39 is 23.3 Å². The number of nitrogens with zero attached hydrogens (tertiary/aromatic N) is 6. The van der Waals surface area contributed by atoms with Crippen LogP contribution in [0.4, 0.5) is 19.0 Å². The number of alkyl halides is 1. The summed E-state index contributed by atoms with van der Waals surface area (Å²) in [6, 6.07) is 5.00.